The average molecular weight is 508 g/mol. The van der Waals surface area contributed by atoms with Crippen LogP contribution in [0.4, 0.5) is 0 Å². The molecule has 1 aliphatic carbocycles. The van der Waals surface area contributed by atoms with E-state index in [4.69, 9.17) is 16.3 Å². The molecule has 0 unspecified atom stereocenters. The highest BCUT2D eigenvalue weighted by Crippen LogP contribution is 2.29. The van der Waals surface area contributed by atoms with Crippen LogP contribution in [0.15, 0.2) is 35.6 Å². The molecule has 1 saturated heterocycles. The van der Waals surface area contributed by atoms with Crippen LogP contribution in [0, 0.1) is 5.92 Å². The van der Waals surface area contributed by atoms with Gasteiger partial charge in [-0.3, -0.25) is 4.79 Å². The van der Waals surface area contributed by atoms with E-state index in [2.05, 4.69) is 4.98 Å². The van der Waals surface area contributed by atoms with Crippen molar-refractivity contribution in [1.29, 1.82) is 0 Å². The Morgan fingerprint density at radius 2 is 2.00 bits per heavy atom. The lowest BCUT2D eigenvalue weighted by Crippen LogP contribution is -2.40. The molecule has 1 amide bonds. The van der Waals surface area contributed by atoms with Crippen LogP contribution in [0.5, 0.6) is 0 Å². The molecule has 1 aromatic carbocycles. The van der Waals surface area contributed by atoms with E-state index in [9.17, 15) is 13.2 Å². The van der Waals surface area contributed by atoms with Crippen molar-refractivity contribution in [1.82, 2.24) is 14.5 Å². The Morgan fingerprint density at radius 1 is 1.24 bits per heavy atom. The quantitative estimate of drug-likeness (QED) is 0.487. The third-order valence-electron chi connectivity index (χ3n) is 6.70. The van der Waals surface area contributed by atoms with Crippen LogP contribution < -0.4 is 0 Å². The number of halogens is 1. The number of aromatic nitrogens is 2. The standard InChI is InChI=1S/C25H34ClN3O4S/c1-18(2)29-22(14-27-25(29)34(31,32)17-19-7-5-10-21(26)13-19)15-28(16-23-11-6-12-33-23)24(30)20-8-3-4-9-20/h5,7,10,13-14,18,20,23H,3-4,6,8-9,11-12,15-17H2,1-2H3/t23-/m1/s1. The lowest BCUT2D eigenvalue weighted by atomic mass is 10.1. The third-order valence-corrected chi connectivity index (χ3v) is 8.50. The zero-order valence-electron chi connectivity index (χ0n) is 20.0. The van der Waals surface area contributed by atoms with Crippen LogP contribution in [-0.4, -0.2) is 48.0 Å². The summed E-state index contributed by atoms with van der Waals surface area (Å²) in [4.78, 5) is 19.6. The van der Waals surface area contributed by atoms with Gasteiger partial charge in [-0.2, -0.15) is 0 Å². The summed E-state index contributed by atoms with van der Waals surface area (Å²) < 4.78 is 34.2. The number of rotatable bonds is 9. The van der Waals surface area contributed by atoms with Crippen LogP contribution >= 0.6 is 11.6 Å². The Balaban J connectivity index is 1.61. The molecule has 2 aliphatic rings. The zero-order valence-corrected chi connectivity index (χ0v) is 21.5. The lowest BCUT2D eigenvalue weighted by molar-refractivity contribution is -0.137. The van der Waals surface area contributed by atoms with Gasteiger partial charge in [-0.15, -0.1) is 0 Å². The highest BCUT2D eigenvalue weighted by atomic mass is 35.5. The van der Waals surface area contributed by atoms with Crippen molar-refractivity contribution >= 4 is 27.3 Å². The molecule has 4 rings (SSSR count). The van der Waals surface area contributed by atoms with Crippen LogP contribution in [0.2, 0.25) is 5.02 Å². The number of sulfone groups is 1. The maximum atomic E-state index is 13.4. The number of ether oxygens (including phenoxy) is 1. The van der Waals surface area contributed by atoms with Crippen LogP contribution in [0.1, 0.15) is 69.7 Å². The van der Waals surface area contributed by atoms with Gasteiger partial charge in [0.05, 0.1) is 30.3 Å². The Morgan fingerprint density at radius 3 is 2.65 bits per heavy atom. The van der Waals surface area contributed by atoms with Crippen molar-refractivity contribution in [2.24, 2.45) is 5.92 Å². The van der Waals surface area contributed by atoms with Gasteiger partial charge in [0.15, 0.2) is 0 Å². The summed E-state index contributed by atoms with van der Waals surface area (Å²) in [6.07, 6.45) is 7.60. The Bertz CT molecular complexity index is 1100. The number of imidazole rings is 1. The predicted molar refractivity (Wildman–Crippen MR) is 131 cm³/mol. The second kappa shape index (κ2) is 10.8. The van der Waals surface area contributed by atoms with E-state index in [1.165, 1.54) is 0 Å². The van der Waals surface area contributed by atoms with Crippen molar-refractivity contribution in [3.8, 4) is 0 Å². The van der Waals surface area contributed by atoms with Crippen LogP contribution in [0.25, 0.3) is 0 Å². The fraction of sp³-hybridized carbons (Fsp3) is 0.600. The molecule has 2 fully saturated rings. The smallest absolute Gasteiger partial charge is 0.228 e. The predicted octanol–water partition coefficient (Wildman–Crippen LogP) is 4.79. The maximum Gasteiger partial charge on any atom is 0.228 e. The first-order chi connectivity index (χ1) is 16.2. The maximum absolute atomic E-state index is 13.4. The summed E-state index contributed by atoms with van der Waals surface area (Å²) in [5, 5.41) is 0.527. The van der Waals surface area contributed by atoms with Crippen LogP contribution in [-0.2, 0) is 31.7 Å². The van der Waals surface area contributed by atoms with E-state index in [-0.39, 0.29) is 34.9 Å². The largest absolute Gasteiger partial charge is 0.376 e. The van der Waals surface area contributed by atoms with E-state index in [1.807, 2.05) is 18.7 Å². The van der Waals surface area contributed by atoms with Gasteiger partial charge in [-0.05, 0) is 57.2 Å². The fourth-order valence-corrected chi connectivity index (χ4v) is 6.88. The molecule has 0 N–H and O–H groups in total. The molecule has 7 nitrogen and oxygen atoms in total. The van der Waals surface area contributed by atoms with Crippen molar-refractivity contribution in [2.75, 3.05) is 13.2 Å². The molecule has 1 atom stereocenters. The lowest BCUT2D eigenvalue weighted by Gasteiger charge is -2.29. The van der Waals surface area contributed by atoms with Crippen molar-refractivity contribution in [3.63, 3.8) is 0 Å². The van der Waals surface area contributed by atoms with Gasteiger partial charge in [0, 0.05) is 30.1 Å². The SMILES string of the molecule is CC(C)n1c(CN(C[C@H]2CCCO2)C(=O)C2CCCC2)cnc1S(=O)(=O)Cc1cccc(Cl)c1. The van der Waals surface area contributed by atoms with E-state index < -0.39 is 9.84 Å². The van der Waals surface area contributed by atoms with Crippen molar-refractivity contribution in [2.45, 2.75) is 82.0 Å². The molecule has 0 radical (unpaired) electrons. The highest BCUT2D eigenvalue weighted by Gasteiger charge is 2.32. The van der Waals surface area contributed by atoms with Gasteiger partial charge in [0.2, 0.25) is 20.9 Å². The molecule has 186 valence electrons. The molecule has 2 heterocycles. The third kappa shape index (κ3) is 5.83. The Kier molecular flexibility index (Phi) is 8.00. The summed E-state index contributed by atoms with van der Waals surface area (Å²) in [6, 6.07) is 6.73. The van der Waals surface area contributed by atoms with Gasteiger partial charge in [-0.1, -0.05) is 36.6 Å². The Hall–Kier alpha value is -1.90. The number of carbonyl (C=O) groups is 1. The Labute approximate surface area is 207 Å². The van der Waals surface area contributed by atoms with Gasteiger partial charge < -0.3 is 14.2 Å². The fourth-order valence-electron chi connectivity index (χ4n) is 5.08. The number of nitrogens with zero attached hydrogens (tertiary/aromatic N) is 3. The molecule has 0 bridgehead atoms. The van der Waals surface area contributed by atoms with E-state index >= 15 is 0 Å². The molecule has 1 saturated carbocycles. The highest BCUT2D eigenvalue weighted by molar-refractivity contribution is 7.90. The van der Waals surface area contributed by atoms with E-state index in [0.29, 0.717) is 23.7 Å². The average Bonchev–Trinajstić information content (AvgIpc) is 3.54. The summed E-state index contributed by atoms with van der Waals surface area (Å²) in [7, 11) is -3.71. The van der Waals surface area contributed by atoms with E-state index in [0.717, 1.165) is 50.8 Å². The van der Waals surface area contributed by atoms with E-state index in [1.54, 1.807) is 35.0 Å². The first-order valence-electron chi connectivity index (χ1n) is 12.2. The minimum Gasteiger partial charge on any atom is -0.376 e. The monoisotopic (exact) mass is 507 g/mol. The number of hydrogen-bond acceptors (Lipinski definition) is 5. The minimum absolute atomic E-state index is 0.0304. The van der Waals surface area contributed by atoms with Crippen molar-refractivity contribution < 1.29 is 17.9 Å². The minimum atomic E-state index is -3.71. The second-order valence-electron chi connectivity index (χ2n) is 9.72. The number of amides is 1. The second-order valence-corrected chi connectivity index (χ2v) is 12.0. The van der Waals surface area contributed by atoms with Gasteiger partial charge >= 0.3 is 0 Å². The van der Waals surface area contributed by atoms with Gasteiger partial charge in [-0.25, -0.2) is 13.4 Å². The summed E-state index contributed by atoms with van der Waals surface area (Å²) in [6.45, 7) is 5.46. The number of benzene rings is 1. The molecular weight excluding hydrogens is 474 g/mol. The molecule has 34 heavy (non-hydrogen) atoms. The first-order valence-corrected chi connectivity index (χ1v) is 14.2. The number of hydrogen-bond donors (Lipinski definition) is 0. The molecule has 2 aromatic rings. The summed E-state index contributed by atoms with van der Waals surface area (Å²) in [5.41, 5.74) is 1.34. The topological polar surface area (TPSA) is 81.5 Å². The summed E-state index contributed by atoms with van der Waals surface area (Å²) >= 11 is 6.05. The van der Waals surface area contributed by atoms with Gasteiger partial charge in [0.25, 0.3) is 0 Å². The molecule has 0 spiro atoms. The first kappa shape index (κ1) is 25.2. The molecule has 9 heteroatoms. The molecule has 1 aliphatic heterocycles. The number of carbonyl (C=O) groups excluding carboxylic acids is 1. The van der Waals surface area contributed by atoms with Crippen molar-refractivity contribution in [3.05, 3.63) is 46.7 Å². The molecular formula is C25H34ClN3O4S. The van der Waals surface area contributed by atoms with Crippen LogP contribution in [0.3, 0.4) is 0 Å². The zero-order chi connectivity index (χ0) is 24.3. The van der Waals surface area contributed by atoms with Gasteiger partial charge in [0.1, 0.15) is 0 Å². The summed E-state index contributed by atoms with van der Waals surface area (Å²) in [5.74, 6) is 0.00729. The molecule has 1 aromatic heterocycles. The normalized spacial score (nSPS) is 19.2.